The lowest BCUT2D eigenvalue weighted by molar-refractivity contribution is -0.231. The van der Waals surface area contributed by atoms with Crippen LogP contribution < -0.4 is 4.90 Å². The molecule has 4 aromatic rings. The number of ether oxygens (including phenoxy) is 1. The van der Waals surface area contributed by atoms with Crippen LogP contribution in [0.25, 0.3) is 11.1 Å². The van der Waals surface area contributed by atoms with Crippen molar-refractivity contribution in [1.29, 1.82) is 0 Å². The maximum atomic E-state index is 13.6. The van der Waals surface area contributed by atoms with Gasteiger partial charge in [-0.2, -0.15) is 0 Å². The van der Waals surface area contributed by atoms with Gasteiger partial charge in [0.25, 0.3) is 0 Å². The molecule has 0 saturated carbocycles. The van der Waals surface area contributed by atoms with Gasteiger partial charge < -0.3 is 40.3 Å². The molecule has 12 heteroatoms. The molecule has 2 fully saturated rings. The molecule has 0 aromatic heterocycles. The minimum atomic E-state index is -1.86. The zero-order chi connectivity index (χ0) is 33.4. The van der Waals surface area contributed by atoms with E-state index in [2.05, 4.69) is 0 Å². The fraction of sp³-hybridized carbons (Fsp3) is 0.286. The molecule has 0 bridgehead atoms. The van der Waals surface area contributed by atoms with Crippen LogP contribution in [0.3, 0.4) is 0 Å². The van der Waals surface area contributed by atoms with Crippen molar-refractivity contribution in [3.05, 3.63) is 120 Å². The van der Waals surface area contributed by atoms with E-state index in [0.29, 0.717) is 33.5 Å². The minimum absolute atomic E-state index is 0.139. The van der Waals surface area contributed by atoms with E-state index in [-0.39, 0.29) is 11.5 Å². The number of para-hydroxylation sites is 1. The van der Waals surface area contributed by atoms with E-state index in [1.165, 1.54) is 35.2 Å². The second kappa shape index (κ2) is 13.6. The summed E-state index contributed by atoms with van der Waals surface area (Å²) in [4.78, 5) is 14.9. The van der Waals surface area contributed by atoms with Crippen LogP contribution in [0.5, 0.6) is 5.75 Å². The third kappa shape index (κ3) is 6.33. The van der Waals surface area contributed by atoms with Gasteiger partial charge in [-0.15, -0.1) is 0 Å². The third-order valence-electron chi connectivity index (χ3n) is 8.75. The predicted molar refractivity (Wildman–Crippen MR) is 171 cm³/mol. The summed E-state index contributed by atoms with van der Waals surface area (Å²) in [6, 6.07) is 24.9. The summed E-state index contributed by atoms with van der Waals surface area (Å²) in [6.07, 6.45) is -7.62. The first-order chi connectivity index (χ1) is 22.6. The number of hydrogen-bond acceptors (Lipinski definition) is 9. The maximum absolute atomic E-state index is 13.6. The summed E-state index contributed by atoms with van der Waals surface area (Å²) < 4.78 is 32.6. The first-order valence-corrected chi connectivity index (χ1v) is 16.4. The van der Waals surface area contributed by atoms with E-state index < -0.39 is 77.0 Å². The highest BCUT2D eigenvalue weighted by Crippen LogP contribution is 2.46. The number of hydrogen-bond donors (Lipinski definition) is 6. The van der Waals surface area contributed by atoms with Crippen LogP contribution in [0.2, 0.25) is 0 Å². The van der Waals surface area contributed by atoms with Gasteiger partial charge in [0.15, 0.2) is 0 Å². The van der Waals surface area contributed by atoms with E-state index in [1.54, 1.807) is 66.7 Å². The number of phenolic OH excluding ortho intramolecular Hbond substituents is 1. The lowest BCUT2D eigenvalue weighted by Gasteiger charge is -2.47. The number of rotatable bonds is 9. The third-order valence-corrected chi connectivity index (χ3v) is 10.4. The number of carbonyl (C=O) groups is 1. The number of phenols is 1. The molecule has 9 atom stereocenters. The second-order valence-electron chi connectivity index (χ2n) is 11.7. The SMILES string of the molecule is O=C1[C@H](S(=O)C[C@H](O)c2ccc(F)cc2)[C@@H](c2ccc(-c3ccc(C4O[C@H](CO)[C@@H](O)[C@H](O)[C@H]4O)cc3)cc2O)N1c1ccccc1. The van der Waals surface area contributed by atoms with Gasteiger partial charge in [0, 0.05) is 22.1 Å². The molecule has 2 saturated heterocycles. The molecule has 6 N–H and O–H groups in total. The predicted octanol–water partition coefficient (Wildman–Crippen LogP) is 2.65. The van der Waals surface area contributed by atoms with Gasteiger partial charge in [-0.3, -0.25) is 9.00 Å². The summed E-state index contributed by atoms with van der Waals surface area (Å²) >= 11 is 0. The molecular formula is C35H34FNO9S. The smallest absolute Gasteiger partial charge is 0.245 e. The molecule has 2 unspecified atom stereocenters. The van der Waals surface area contributed by atoms with Crippen molar-refractivity contribution in [2.24, 2.45) is 0 Å². The number of aliphatic hydroxyl groups excluding tert-OH is 5. The summed E-state index contributed by atoms with van der Waals surface area (Å²) in [5.41, 5.74) is 3.10. The van der Waals surface area contributed by atoms with Crippen molar-refractivity contribution in [3.63, 3.8) is 0 Å². The Labute approximate surface area is 272 Å². The molecule has 0 radical (unpaired) electrons. The number of halogens is 1. The molecule has 2 aliphatic rings. The van der Waals surface area contributed by atoms with Gasteiger partial charge >= 0.3 is 0 Å². The zero-order valence-electron chi connectivity index (χ0n) is 24.9. The Balaban J connectivity index is 1.25. The lowest BCUT2D eigenvalue weighted by Crippen LogP contribution is -2.61. The quantitative estimate of drug-likeness (QED) is 0.148. The molecular weight excluding hydrogens is 629 g/mol. The highest BCUT2D eigenvalue weighted by molar-refractivity contribution is 7.86. The number of carbonyl (C=O) groups excluding carboxylic acids is 1. The number of aliphatic hydroxyl groups is 5. The van der Waals surface area contributed by atoms with Crippen molar-refractivity contribution < 1.29 is 48.8 Å². The van der Waals surface area contributed by atoms with Gasteiger partial charge in [-0.25, -0.2) is 4.39 Å². The van der Waals surface area contributed by atoms with Crippen molar-refractivity contribution in [2.45, 2.75) is 47.9 Å². The van der Waals surface area contributed by atoms with Crippen LogP contribution in [0, 0.1) is 5.82 Å². The normalized spacial score (nSPS) is 27.2. The molecule has 4 aromatic carbocycles. The Morgan fingerprint density at radius 3 is 2.15 bits per heavy atom. The summed E-state index contributed by atoms with van der Waals surface area (Å²) in [5.74, 6) is -1.29. The van der Waals surface area contributed by atoms with E-state index in [1.807, 2.05) is 0 Å². The maximum Gasteiger partial charge on any atom is 0.245 e. The number of amides is 1. The van der Waals surface area contributed by atoms with E-state index in [0.717, 1.165) is 0 Å². The average Bonchev–Trinajstić information content (AvgIpc) is 3.07. The van der Waals surface area contributed by atoms with E-state index in [9.17, 15) is 44.0 Å². The average molecular weight is 664 g/mol. The van der Waals surface area contributed by atoms with Gasteiger partial charge in [-0.1, -0.05) is 66.7 Å². The van der Waals surface area contributed by atoms with Crippen LogP contribution >= 0.6 is 0 Å². The van der Waals surface area contributed by atoms with E-state index >= 15 is 0 Å². The molecule has 2 heterocycles. The van der Waals surface area contributed by atoms with Gasteiger partial charge in [0.2, 0.25) is 5.91 Å². The molecule has 2 aliphatic heterocycles. The number of benzene rings is 4. The molecule has 6 rings (SSSR count). The van der Waals surface area contributed by atoms with Gasteiger partial charge in [-0.05, 0) is 52.6 Å². The van der Waals surface area contributed by atoms with Crippen LogP contribution in [0.4, 0.5) is 10.1 Å². The topological polar surface area (TPSA) is 168 Å². The first kappa shape index (κ1) is 32.9. The zero-order valence-corrected chi connectivity index (χ0v) is 25.7. The Morgan fingerprint density at radius 1 is 0.851 bits per heavy atom. The Bertz CT molecular complexity index is 1740. The molecule has 0 aliphatic carbocycles. The number of β-lactam (4-membered cyclic amide) rings is 1. The standard InChI is InChI=1S/C35H34FNO9S/c36-23-13-10-20(11-14-23)27(40)18-47(45)34-29(37(35(34)44)24-4-2-1-3-5-24)25-15-12-22(16-26(25)39)19-6-8-21(9-7-19)33-32(43)31(42)30(41)28(17-38)46-33/h1-16,27-34,38-43H,17-18H2/t27-,28+,29+,30+,31-,32+,33?,34+,47?/m0/s1. The van der Waals surface area contributed by atoms with E-state index in [4.69, 9.17) is 4.74 Å². The first-order valence-electron chi connectivity index (χ1n) is 15.0. The Hall–Kier alpha value is -4.01. The summed E-state index contributed by atoms with van der Waals surface area (Å²) in [6.45, 7) is -0.539. The van der Waals surface area contributed by atoms with Crippen LogP contribution in [-0.2, 0) is 20.3 Å². The van der Waals surface area contributed by atoms with Crippen LogP contribution in [0.1, 0.15) is 34.9 Å². The summed E-state index contributed by atoms with van der Waals surface area (Å²) in [5, 5.41) is 61.2. The van der Waals surface area contributed by atoms with Gasteiger partial charge in [0.1, 0.15) is 47.3 Å². The largest absolute Gasteiger partial charge is 0.508 e. The van der Waals surface area contributed by atoms with Gasteiger partial charge in [0.05, 0.1) is 24.5 Å². The highest BCUT2D eigenvalue weighted by Gasteiger charge is 2.53. The molecule has 47 heavy (non-hydrogen) atoms. The van der Waals surface area contributed by atoms with Crippen molar-refractivity contribution in [2.75, 3.05) is 17.3 Å². The lowest BCUT2D eigenvalue weighted by atomic mass is 9.89. The molecule has 246 valence electrons. The van der Waals surface area contributed by atoms with Crippen LogP contribution in [-0.4, -0.2) is 82.8 Å². The fourth-order valence-corrected chi connectivity index (χ4v) is 7.76. The van der Waals surface area contributed by atoms with Crippen molar-refractivity contribution in [1.82, 2.24) is 0 Å². The summed E-state index contributed by atoms with van der Waals surface area (Å²) in [7, 11) is -1.86. The molecule has 0 spiro atoms. The van der Waals surface area contributed by atoms with Crippen LogP contribution in [0.15, 0.2) is 97.1 Å². The number of anilines is 1. The van der Waals surface area contributed by atoms with Crippen molar-refractivity contribution >= 4 is 22.4 Å². The Kier molecular flexibility index (Phi) is 9.53. The fourth-order valence-electron chi connectivity index (χ4n) is 6.15. The second-order valence-corrected chi connectivity index (χ2v) is 13.3. The minimum Gasteiger partial charge on any atom is -0.508 e. The molecule has 10 nitrogen and oxygen atoms in total. The monoisotopic (exact) mass is 663 g/mol. The number of aromatic hydroxyl groups is 1. The number of nitrogens with zero attached hydrogens (tertiary/aromatic N) is 1. The Morgan fingerprint density at radius 2 is 1.51 bits per heavy atom. The highest BCUT2D eigenvalue weighted by atomic mass is 32.2. The molecule has 1 amide bonds. The van der Waals surface area contributed by atoms with Crippen molar-refractivity contribution in [3.8, 4) is 16.9 Å².